The summed E-state index contributed by atoms with van der Waals surface area (Å²) < 4.78 is 11.6. The van der Waals surface area contributed by atoms with Crippen LogP contribution in [0.15, 0.2) is 48.5 Å². The molecule has 3 N–H and O–H groups in total. The highest BCUT2D eigenvalue weighted by Gasteiger charge is 2.35. The van der Waals surface area contributed by atoms with E-state index in [1.165, 1.54) is 18.2 Å². The SMILES string of the molecule is Cc1ccc(C(=O)NC(NC(=O)Nc2ccccc2F)C(Cl)(Cl)Cl)cc1. The highest BCUT2D eigenvalue weighted by molar-refractivity contribution is 6.68. The van der Waals surface area contributed by atoms with Crippen LogP contribution < -0.4 is 16.0 Å². The van der Waals surface area contributed by atoms with Crippen LogP contribution in [0.1, 0.15) is 15.9 Å². The highest BCUT2D eigenvalue weighted by Crippen LogP contribution is 2.29. The molecule has 0 spiro atoms. The minimum atomic E-state index is -2.03. The lowest BCUT2D eigenvalue weighted by Crippen LogP contribution is -2.56. The third-order valence-corrected chi connectivity index (χ3v) is 3.97. The molecule has 2 rings (SSSR count). The molecule has 5 nitrogen and oxygen atoms in total. The van der Waals surface area contributed by atoms with Gasteiger partial charge in [-0.25, -0.2) is 9.18 Å². The summed E-state index contributed by atoms with van der Waals surface area (Å²) in [5, 5.41) is 7.00. The van der Waals surface area contributed by atoms with Crippen LogP contribution in [-0.2, 0) is 0 Å². The molecule has 0 aliphatic heterocycles. The van der Waals surface area contributed by atoms with Crippen molar-refractivity contribution in [3.63, 3.8) is 0 Å². The van der Waals surface area contributed by atoms with E-state index in [1.807, 2.05) is 6.92 Å². The molecular formula is C17H15Cl3FN3O2. The number of alkyl halides is 3. The molecule has 0 heterocycles. The maximum atomic E-state index is 13.6. The predicted molar refractivity (Wildman–Crippen MR) is 101 cm³/mol. The summed E-state index contributed by atoms with van der Waals surface area (Å²) in [6.07, 6.45) is -1.35. The monoisotopic (exact) mass is 417 g/mol. The Bertz CT molecular complexity index is 795. The Morgan fingerprint density at radius 1 is 1.00 bits per heavy atom. The molecule has 0 saturated carbocycles. The second-order valence-corrected chi connectivity index (χ2v) is 7.76. The topological polar surface area (TPSA) is 70.2 Å². The van der Waals surface area contributed by atoms with Crippen LogP contribution >= 0.6 is 34.8 Å². The first kappa shape index (κ1) is 20.3. The number of halogens is 4. The number of hydrogen-bond acceptors (Lipinski definition) is 2. The van der Waals surface area contributed by atoms with Crippen LogP contribution in [0.25, 0.3) is 0 Å². The van der Waals surface area contributed by atoms with Gasteiger partial charge >= 0.3 is 6.03 Å². The van der Waals surface area contributed by atoms with Crippen LogP contribution in [0.4, 0.5) is 14.9 Å². The summed E-state index contributed by atoms with van der Waals surface area (Å²) in [6.45, 7) is 1.88. The number of amides is 3. The maximum absolute atomic E-state index is 13.6. The lowest BCUT2D eigenvalue weighted by Gasteiger charge is -2.26. The average Bonchev–Trinajstić information content (AvgIpc) is 2.56. The zero-order valence-electron chi connectivity index (χ0n) is 13.5. The molecule has 9 heteroatoms. The lowest BCUT2D eigenvalue weighted by molar-refractivity contribution is 0.0933. The predicted octanol–water partition coefficient (Wildman–Crippen LogP) is 4.38. The fourth-order valence-electron chi connectivity index (χ4n) is 1.97. The number of nitrogens with one attached hydrogen (secondary N) is 3. The van der Waals surface area contributed by atoms with E-state index in [0.29, 0.717) is 5.56 Å². The Hall–Kier alpha value is -2.02. The first-order chi connectivity index (χ1) is 12.2. The van der Waals surface area contributed by atoms with Crippen molar-refractivity contribution in [2.45, 2.75) is 16.9 Å². The number of rotatable bonds is 4. The Balaban J connectivity index is 2.07. The van der Waals surface area contributed by atoms with Crippen molar-refractivity contribution in [1.29, 1.82) is 0 Å². The minimum Gasteiger partial charge on any atom is -0.328 e. The number of hydrogen-bond donors (Lipinski definition) is 3. The van der Waals surface area contributed by atoms with Crippen molar-refractivity contribution in [3.05, 3.63) is 65.5 Å². The van der Waals surface area contributed by atoms with Gasteiger partial charge in [-0.2, -0.15) is 0 Å². The molecule has 2 aromatic carbocycles. The maximum Gasteiger partial charge on any atom is 0.321 e. The van der Waals surface area contributed by atoms with E-state index in [0.717, 1.165) is 5.56 Å². The van der Waals surface area contributed by atoms with Gasteiger partial charge in [-0.05, 0) is 31.2 Å². The molecule has 0 fully saturated rings. The summed E-state index contributed by atoms with van der Waals surface area (Å²) in [6, 6.07) is 11.4. The van der Waals surface area contributed by atoms with E-state index in [9.17, 15) is 14.0 Å². The Morgan fingerprint density at radius 3 is 2.19 bits per heavy atom. The molecule has 0 aliphatic rings. The molecule has 0 saturated heterocycles. The Kier molecular flexibility index (Phi) is 6.69. The fraction of sp³-hybridized carbons (Fsp3) is 0.176. The Morgan fingerprint density at radius 2 is 1.62 bits per heavy atom. The normalized spacial score (nSPS) is 12.2. The molecule has 1 atom stereocenters. The largest absolute Gasteiger partial charge is 0.328 e. The van der Waals surface area contributed by atoms with Crippen molar-refractivity contribution < 1.29 is 14.0 Å². The van der Waals surface area contributed by atoms with Crippen LogP contribution in [-0.4, -0.2) is 21.9 Å². The molecule has 0 aliphatic carbocycles. The molecule has 0 bridgehead atoms. The van der Waals surface area contributed by atoms with Gasteiger partial charge in [-0.3, -0.25) is 4.79 Å². The first-order valence-corrected chi connectivity index (χ1v) is 8.56. The molecule has 0 aromatic heterocycles. The third kappa shape index (κ3) is 5.76. The van der Waals surface area contributed by atoms with E-state index < -0.39 is 27.7 Å². The van der Waals surface area contributed by atoms with E-state index in [-0.39, 0.29) is 5.69 Å². The second-order valence-electron chi connectivity index (χ2n) is 5.39. The molecular weight excluding hydrogens is 404 g/mol. The number of carbonyl (C=O) groups is 2. The molecule has 26 heavy (non-hydrogen) atoms. The summed E-state index contributed by atoms with van der Waals surface area (Å²) in [4.78, 5) is 24.4. The van der Waals surface area contributed by atoms with E-state index in [4.69, 9.17) is 34.8 Å². The van der Waals surface area contributed by atoms with E-state index in [1.54, 1.807) is 30.3 Å². The summed E-state index contributed by atoms with van der Waals surface area (Å²) in [7, 11) is 0. The van der Waals surface area contributed by atoms with Gasteiger partial charge in [0.1, 0.15) is 5.82 Å². The van der Waals surface area contributed by atoms with Gasteiger partial charge in [0, 0.05) is 5.56 Å². The summed E-state index contributed by atoms with van der Waals surface area (Å²) in [5.74, 6) is -1.18. The zero-order valence-corrected chi connectivity index (χ0v) is 15.8. The van der Waals surface area contributed by atoms with Crippen molar-refractivity contribution in [1.82, 2.24) is 10.6 Å². The van der Waals surface area contributed by atoms with E-state index >= 15 is 0 Å². The van der Waals surface area contributed by atoms with Gasteiger partial charge in [-0.15, -0.1) is 0 Å². The quantitative estimate of drug-likeness (QED) is 0.509. The summed E-state index contributed by atoms with van der Waals surface area (Å²) in [5.41, 5.74) is 1.24. The number of carbonyl (C=O) groups excluding carboxylic acids is 2. The first-order valence-electron chi connectivity index (χ1n) is 7.43. The Labute approximate surface area is 164 Å². The van der Waals surface area contributed by atoms with Crippen molar-refractivity contribution in [2.24, 2.45) is 0 Å². The van der Waals surface area contributed by atoms with Crippen molar-refractivity contribution >= 4 is 52.4 Å². The number of aryl methyl sites for hydroxylation is 1. The molecule has 1 unspecified atom stereocenters. The number of anilines is 1. The summed E-state index contributed by atoms with van der Waals surface area (Å²) >= 11 is 17.5. The van der Waals surface area contributed by atoms with Gasteiger partial charge < -0.3 is 16.0 Å². The third-order valence-electron chi connectivity index (χ3n) is 3.31. The van der Waals surface area contributed by atoms with Crippen LogP contribution in [0.5, 0.6) is 0 Å². The fourth-order valence-corrected chi connectivity index (χ4v) is 2.30. The number of benzene rings is 2. The zero-order chi connectivity index (χ0) is 19.3. The molecule has 2 aromatic rings. The highest BCUT2D eigenvalue weighted by atomic mass is 35.6. The molecule has 138 valence electrons. The standard InChI is InChI=1S/C17H15Cl3FN3O2/c1-10-6-8-11(9-7-10)14(25)23-15(17(18,19)20)24-16(26)22-13-5-3-2-4-12(13)21/h2-9,15H,1H3,(H,23,25)(H2,22,24,26). The lowest BCUT2D eigenvalue weighted by atomic mass is 10.1. The molecule has 0 radical (unpaired) electrons. The number of urea groups is 1. The minimum absolute atomic E-state index is 0.0575. The van der Waals surface area contributed by atoms with Gasteiger partial charge in [0.25, 0.3) is 5.91 Å². The van der Waals surface area contributed by atoms with Crippen molar-refractivity contribution in [2.75, 3.05) is 5.32 Å². The smallest absolute Gasteiger partial charge is 0.321 e. The second kappa shape index (κ2) is 8.58. The van der Waals surface area contributed by atoms with Crippen LogP contribution in [0.2, 0.25) is 0 Å². The van der Waals surface area contributed by atoms with Gasteiger partial charge in [0.15, 0.2) is 6.17 Å². The van der Waals surface area contributed by atoms with Gasteiger partial charge in [-0.1, -0.05) is 64.6 Å². The average molecular weight is 419 g/mol. The molecule has 3 amide bonds. The van der Waals surface area contributed by atoms with Crippen LogP contribution in [0, 0.1) is 12.7 Å². The van der Waals surface area contributed by atoms with Crippen LogP contribution in [0.3, 0.4) is 0 Å². The van der Waals surface area contributed by atoms with Gasteiger partial charge in [0.2, 0.25) is 3.79 Å². The van der Waals surface area contributed by atoms with Gasteiger partial charge in [0.05, 0.1) is 5.69 Å². The van der Waals surface area contributed by atoms with Crippen molar-refractivity contribution in [3.8, 4) is 0 Å². The number of para-hydroxylation sites is 1. The van der Waals surface area contributed by atoms with E-state index in [2.05, 4.69) is 16.0 Å².